The lowest BCUT2D eigenvalue weighted by Gasteiger charge is -2.06. The molecule has 1 N–H and O–H groups in total. The van der Waals surface area contributed by atoms with Gasteiger partial charge in [-0.3, -0.25) is 0 Å². The van der Waals surface area contributed by atoms with Crippen molar-refractivity contribution in [2.75, 3.05) is 0 Å². The van der Waals surface area contributed by atoms with Crippen LogP contribution in [0.15, 0.2) is 22.7 Å². The fourth-order valence-electron chi connectivity index (χ4n) is 1.89. The molecule has 0 bridgehead atoms. The van der Waals surface area contributed by atoms with Gasteiger partial charge in [-0.05, 0) is 37.6 Å². The Morgan fingerprint density at radius 2 is 2.16 bits per heavy atom. The number of nitriles is 1. The molecule has 0 unspecified atom stereocenters. The Kier molecular flexibility index (Phi) is 3.93. The highest BCUT2D eigenvalue weighted by Crippen LogP contribution is 2.13. The second-order valence-corrected chi connectivity index (χ2v) is 4.32. The molecule has 0 amide bonds. The van der Waals surface area contributed by atoms with Crippen LogP contribution >= 0.6 is 0 Å². The van der Waals surface area contributed by atoms with Crippen molar-refractivity contribution in [2.45, 2.75) is 26.9 Å². The van der Waals surface area contributed by atoms with Gasteiger partial charge in [0.2, 0.25) is 0 Å². The second kappa shape index (κ2) is 5.63. The van der Waals surface area contributed by atoms with Crippen molar-refractivity contribution in [1.82, 2.24) is 10.5 Å². The first kappa shape index (κ1) is 13.2. The highest BCUT2D eigenvalue weighted by Gasteiger charge is 2.09. The number of aryl methyl sites for hydroxylation is 2. The lowest BCUT2D eigenvalue weighted by atomic mass is 10.1. The summed E-state index contributed by atoms with van der Waals surface area (Å²) in [5, 5.41) is 16.0. The topological polar surface area (TPSA) is 61.9 Å². The van der Waals surface area contributed by atoms with E-state index in [0.29, 0.717) is 24.2 Å². The van der Waals surface area contributed by atoms with Crippen LogP contribution in [0.25, 0.3) is 0 Å². The molecule has 0 fully saturated rings. The van der Waals surface area contributed by atoms with Gasteiger partial charge in [0.15, 0.2) is 0 Å². The van der Waals surface area contributed by atoms with Gasteiger partial charge in [0, 0.05) is 18.7 Å². The first-order valence-electron chi connectivity index (χ1n) is 5.93. The fourth-order valence-corrected chi connectivity index (χ4v) is 1.89. The van der Waals surface area contributed by atoms with Crippen molar-refractivity contribution in [2.24, 2.45) is 0 Å². The zero-order valence-corrected chi connectivity index (χ0v) is 10.8. The van der Waals surface area contributed by atoms with Gasteiger partial charge in [-0.1, -0.05) is 5.16 Å². The minimum absolute atomic E-state index is 0.340. The van der Waals surface area contributed by atoms with Gasteiger partial charge >= 0.3 is 0 Å². The van der Waals surface area contributed by atoms with Crippen molar-refractivity contribution in [3.05, 3.63) is 52.2 Å². The molecule has 0 aliphatic heterocycles. The van der Waals surface area contributed by atoms with Gasteiger partial charge in [0.25, 0.3) is 0 Å². The average Bonchev–Trinajstić information content (AvgIpc) is 2.70. The van der Waals surface area contributed by atoms with E-state index in [-0.39, 0.29) is 5.82 Å². The summed E-state index contributed by atoms with van der Waals surface area (Å²) in [6.45, 7) is 4.71. The molecule has 0 saturated heterocycles. The van der Waals surface area contributed by atoms with Gasteiger partial charge in [-0.2, -0.15) is 5.26 Å². The van der Waals surface area contributed by atoms with E-state index in [0.717, 1.165) is 17.0 Å². The number of hydrogen-bond donors (Lipinski definition) is 1. The maximum Gasteiger partial charge on any atom is 0.138 e. The van der Waals surface area contributed by atoms with Crippen LogP contribution in [0.4, 0.5) is 4.39 Å². The van der Waals surface area contributed by atoms with Crippen LogP contribution in [-0.4, -0.2) is 5.16 Å². The predicted octanol–water partition coefficient (Wildman–Crippen LogP) is 2.59. The highest BCUT2D eigenvalue weighted by atomic mass is 19.1. The van der Waals surface area contributed by atoms with Gasteiger partial charge in [-0.25, -0.2) is 4.39 Å². The average molecular weight is 259 g/mol. The number of rotatable bonds is 4. The van der Waals surface area contributed by atoms with Crippen LogP contribution in [0, 0.1) is 31.0 Å². The summed E-state index contributed by atoms with van der Waals surface area (Å²) in [6.07, 6.45) is 0. The Morgan fingerprint density at radius 1 is 1.37 bits per heavy atom. The van der Waals surface area contributed by atoms with Crippen molar-refractivity contribution >= 4 is 0 Å². The van der Waals surface area contributed by atoms with E-state index in [4.69, 9.17) is 9.78 Å². The summed E-state index contributed by atoms with van der Waals surface area (Å²) in [4.78, 5) is 0. The molecule has 1 aromatic heterocycles. The number of halogens is 1. The Morgan fingerprint density at radius 3 is 2.79 bits per heavy atom. The molecular weight excluding hydrogens is 245 g/mol. The molecule has 0 aliphatic carbocycles. The molecule has 1 heterocycles. The van der Waals surface area contributed by atoms with Crippen LogP contribution in [0.3, 0.4) is 0 Å². The third-order valence-corrected chi connectivity index (χ3v) is 2.99. The molecule has 19 heavy (non-hydrogen) atoms. The molecule has 0 radical (unpaired) electrons. The molecule has 0 spiro atoms. The predicted molar refractivity (Wildman–Crippen MR) is 67.6 cm³/mol. The molecule has 4 nitrogen and oxygen atoms in total. The number of nitrogens with one attached hydrogen (secondary N) is 1. The lowest BCUT2D eigenvalue weighted by molar-refractivity contribution is 0.392. The van der Waals surface area contributed by atoms with Crippen LogP contribution in [-0.2, 0) is 13.1 Å². The molecular formula is C14H14FN3O. The number of nitrogens with zero attached hydrogens (tertiary/aromatic N) is 2. The van der Waals surface area contributed by atoms with Gasteiger partial charge < -0.3 is 9.84 Å². The molecule has 0 atom stereocenters. The SMILES string of the molecule is Cc1noc(C)c1CNCc1cc(F)ccc1C#N. The summed E-state index contributed by atoms with van der Waals surface area (Å²) in [6, 6.07) is 6.20. The standard InChI is InChI=1S/C14H14FN3O/c1-9-14(10(2)19-18-9)8-17-7-12-5-13(15)4-3-11(12)6-16/h3-5,17H,7-8H2,1-2H3. The van der Waals surface area contributed by atoms with E-state index in [1.54, 1.807) is 0 Å². The maximum atomic E-state index is 13.2. The maximum absolute atomic E-state index is 13.2. The van der Waals surface area contributed by atoms with Crippen LogP contribution in [0.2, 0.25) is 0 Å². The van der Waals surface area contributed by atoms with Crippen LogP contribution in [0.5, 0.6) is 0 Å². The Balaban J connectivity index is 2.04. The number of hydrogen-bond acceptors (Lipinski definition) is 4. The zero-order valence-electron chi connectivity index (χ0n) is 10.8. The zero-order chi connectivity index (χ0) is 13.8. The molecule has 2 aromatic rings. The summed E-state index contributed by atoms with van der Waals surface area (Å²) in [5.74, 6) is 0.429. The third kappa shape index (κ3) is 2.98. The molecule has 2 rings (SSSR count). The highest BCUT2D eigenvalue weighted by molar-refractivity contribution is 5.37. The van der Waals surface area contributed by atoms with E-state index in [2.05, 4.69) is 16.5 Å². The van der Waals surface area contributed by atoms with Crippen molar-refractivity contribution in [3.8, 4) is 6.07 Å². The molecule has 0 aliphatic rings. The van der Waals surface area contributed by atoms with Crippen molar-refractivity contribution < 1.29 is 8.91 Å². The third-order valence-electron chi connectivity index (χ3n) is 2.99. The lowest BCUT2D eigenvalue weighted by Crippen LogP contribution is -2.14. The summed E-state index contributed by atoms with van der Waals surface area (Å²) in [5.41, 5.74) is 2.96. The molecule has 1 aromatic carbocycles. The van der Waals surface area contributed by atoms with E-state index in [1.807, 2.05) is 13.8 Å². The summed E-state index contributed by atoms with van der Waals surface area (Å²) < 4.78 is 18.2. The van der Waals surface area contributed by atoms with Gasteiger partial charge in [-0.15, -0.1) is 0 Å². The first-order valence-corrected chi connectivity index (χ1v) is 5.93. The molecule has 98 valence electrons. The van der Waals surface area contributed by atoms with E-state index >= 15 is 0 Å². The van der Waals surface area contributed by atoms with Gasteiger partial charge in [0.1, 0.15) is 11.6 Å². The Bertz CT molecular complexity index is 609. The number of aromatic nitrogens is 1. The minimum Gasteiger partial charge on any atom is -0.361 e. The number of benzene rings is 1. The first-order chi connectivity index (χ1) is 9.11. The van der Waals surface area contributed by atoms with E-state index in [1.165, 1.54) is 18.2 Å². The second-order valence-electron chi connectivity index (χ2n) is 4.32. The molecule has 5 heteroatoms. The smallest absolute Gasteiger partial charge is 0.138 e. The van der Waals surface area contributed by atoms with Gasteiger partial charge in [0.05, 0.1) is 17.3 Å². The van der Waals surface area contributed by atoms with Crippen molar-refractivity contribution in [1.29, 1.82) is 5.26 Å². The quantitative estimate of drug-likeness (QED) is 0.916. The van der Waals surface area contributed by atoms with E-state index < -0.39 is 0 Å². The Labute approximate surface area is 110 Å². The Hall–Kier alpha value is -2.19. The van der Waals surface area contributed by atoms with Crippen LogP contribution < -0.4 is 5.32 Å². The van der Waals surface area contributed by atoms with Crippen LogP contribution in [0.1, 0.15) is 28.1 Å². The normalized spacial score (nSPS) is 10.4. The van der Waals surface area contributed by atoms with E-state index in [9.17, 15) is 4.39 Å². The molecule has 0 saturated carbocycles. The summed E-state index contributed by atoms with van der Waals surface area (Å²) >= 11 is 0. The minimum atomic E-state index is -0.340. The van der Waals surface area contributed by atoms with Crippen molar-refractivity contribution in [3.63, 3.8) is 0 Å². The fraction of sp³-hybridized carbons (Fsp3) is 0.286. The largest absolute Gasteiger partial charge is 0.361 e. The monoisotopic (exact) mass is 259 g/mol. The summed E-state index contributed by atoms with van der Waals surface area (Å²) in [7, 11) is 0.